The standard InChI is InChI=1S/C10H16F3NS/c11-10(12,13)15-2-1-9(6-14)4-7-3-8(7)5-9/h7-8H,1-6,14H2. The van der Waals surface area contributed by atoms with Crippen molar-refractivity contribution in [2.45, 2.75) is 31.2 Å². The van der Waals surface area contributed by atoms with Crippen molar-refractivity contribution in [2.24, 2.45) is 23.0 Å². The second-order valence-corrected chi connectivity index (χ2v) is 6.07. The van der Waals surface area contributed by atoms with E-state index in [-0.39, 0.29) is 22.9 Å². The SMILES string of the molecule is NCC1(CCSC(F)(F)F)CC2CC2C1. The van der Waals surface area contributed by atoms with Crippen molar-refractivity contribution in [3.05, 3.63) is 0 Å². The topological polar surface area (TPSA) is 26.0 Å². The van der Waals surface area contributed by atoms with E-state index in [2.05, 4.69) is 0 Å². The van der Waals surface area contributed by atoms with Crippen molar-refractivity contribution in [1.29, 1.82) is 0 Å². The zero-order valence-corrected chi connectivity index (χ0v) is 9.33. The van der Waals surface area contributed by atoms with Crippen LogP contribution >= 0.6 is 11.8 Å². The lowest BCUT2D eigenvalue weighted by atomic mass is 9.80. The predicted molar refractivity (Wildman–Crippen MR) is 55.4 cm³/mol. The Morgan fingerprint density at radius 1 is 1.27 bits per heavy atom. The van der Waals surface area contributed by atoms with Gasteiger partial charge in [-0.25, -0.2) is 0 Å². The molecule has 2 saturated carbocycles. The van der Waals surface area contributed by atoms with E-state index in [9.17, 15) is 13.2 Å². The molecule has 2 unspecified atom stereocenters. The van der Waals surface area contributed by atoms with E-state index in [0.717, 1.165) is 24.7 Å². The van der Waals surface area contributed by atoms with Gasteiger partial charge in [0.25, 0.3) is 0 Å². The monoisotopic (exact) mass is 239 g/mol. The summed E-state index contributed by atoms with van der Waals surface area (Å²) in [5, 5.41) is 0. The third-order valence-corrected chi connectivity index (χ3v) is 4.53. The molecule has 0 heterocycles. The van der Waals surface area contributed by atoms with Crippen LogP contribution in [0.2, 0.25) is 0 Å². The first-order valence-corrected chi connectivity index (χ1v) is 6.33. The summed E-state index contributed by atoms with van der Waals surface area (Å²) in [5.41, 5.74) is 1.66. The minimum Gasteiger partial charge on any atom is -0.330 e. The van der Waals surface area contributed by atoms with Gasteiger partial charge < -0.3 is 5.73 Å². The third-order valence-electron chi connectivity index (χ3n) is 3.79. The van der Waals surface area contributed by atoms with Gasteiger partial charge in [0.15, 0.2) is 0 Å². The van der Waals surface area contributed by atoms with Crippen molar-refractivity contribution >= 4 is 11.8 Å². The molecule has 0 aromatic rings. The van der Waals surface area contributed by atoms with E-state index in [4.69, 9.17) is 5.73 Å². The summed E-state index contributed by atoms with van der Waals surface area (Å²) < 4.78 is 35.9. The number of halogens is 3. The Morgan fingerprint density at radius 2 is 1.87 bits per heavy atom. The van der Waals surface area contributed by atoms with Gasteiger partial charge in [0.05, 0.1) is 0 Å². The quantitative estimate of drug-likeness (QED) is 0.816. The third kappa shape index (κ3) is 2.81. The summed E-state index contributed by atoms with van der Waals surface area (Å²) in [6, 6.07) is 0. The molecule has 2 N–H and O–H groups in total. The number of hydrogen-bond acceptors (Lipinski definition) is 2. The summed E-state index contributed by atoms with van der Waals surface area (Å²) in [5.74, 6) is 1.73. The average molecular weight is 239 g/mol. The molecule has 2 aliphatic rings. The molecule has 2 atom stereocenters. The van der Waals surface area contributed by atoms with Gasteiger partial charge in [0.1, 0.15) is 0 Å². The summed E-state index contributed by atoms with van der Waals surface area (Å²) in [6.07, 6.45) is 4.04. The van der Waals surface area contributed by atoms with Crippen molar-refractivity contribution < 1.29 is 13.2 Å². The van der Waals surface area contributed by atoms with E-state index >= 15 is 0 Å². The zero-order chi connectivity index (χ0) is 11.1. The van der Waals surface area contributed by atoms with Crippen LogP contribution < -0.4 is 5.73 Å². The molecule has 2 rings (SSSR count). The lowest BCUT2D eigenvalue weighted by molar-refractivity contribution is -0.0329. The molecule has 0 spiro atoms. The van der Waals surface area contributed by atoms with Gasteiger partial charge >= 0.3 is 5.51 Å². The molecular formula is C10H16F3NS. The smallest absolute Gasteiger partial charge is 0.330 e. The number of alkyl halides is 3. The van der Waals surface area contributed by atoms with Crippen LogP contribution in [0, 0.1) is 17.3 Å². The molecule has 5 heteroatoms. The lowest BCUT2D eigenvalue weighted by Gasteiger charge is -2.29. The number of rotatable bonds is 4. The van der Waals surface area contributed by atoms with Gasteiger partial charge in [-0.2, -0.15) is 13.2 Å². The second-order valence-electron chi connectivity index (χ2n) is 4.91. The average Bonchev–Trinajstić information content (AvgIpc) is 2.73. The van der Waals surface area contributed by atoms with Gasteiger partial charge in [-0.05, 0) is 49.5 Å². The molecule has 1 nitrogen and oxygen atoms in total. The fourth-order valence-electron chi connectivity index (χ4n) is 2.86. The number of nitrogens with two attached hydrogens (primary N) is 1. The second kappa shape index (κ2) is 3.84. The summed E-state index contributed by atoms with van der Waals surface area (Å²) in [6.45, 7) is 0.554. The molecule has 2 aliphatic carbocycles. The van der Waals surface area contributed by atoms with Crippen LogP contribution in [0.5, 0.6) is 0 Å². The molecule has 0 radical (unpaired) electrons. The minimum atomic E-state index is -4.09. The van der Waals surface area contributed by atoms with Crippen LogP contribution in [0.15, 0.2) is 0 Å². The van der Waals surface area contributed by atoms with Crippen LogP contribution in [-0.2, 0) is 0 Å². The maximum absolute atomic E-state index is 12.0. The molecule has 0 amide bonds. The Balaban J connectivity index is 1.77. The Bertz CT molecular complexity index is 231. The normalized spacial score (nSPS) is 39.2. The van der Waals surface area contributed by atoms with Gasteiger partial charge in [0.2, 0.25) is 0 Å². The lowest BCUT2D eigenvalue weighted by Crippen LogP contribution is -2.30. The predicted octanol–water partition coefficient (Wildman–Crippen LogP) is 3.00. The Labute approximate surface area is 92.0 Å². The largest absolute Gasteiger partial charge is 0.441 e. The van der Waals surface area contributed by atoms with E-state index in [1.54, 1.807) is 0 Å². The van der Waals surface area contributed by atoms with Gasteiger partial charge in [-0.1, -0.05) is 11.8 Å². The zero-order valence-electron chi connectivity index (χ0n) is 8.52. The van der Waals surface area contributed by atoms with E-state index in [1.165, 1.54) is 6.42 Å². The number of thioether (sulfide) groups is 1. The van der Waals surface area contributed by atoms with Crippen molar-refractivity contribution in [2.75, 3.05) is 12.3 Å². The molecule has 0 aliphatic heterocycles. The molecular weight excluding hydrogens is 223 g/mol. The molecule has 0 bridgehead atoms. The van der Waals surface area contributed by atoms with Crippen molar-refractivity contribution in [3.63, 3.8) is 0 Å². The highest BCUT2D eigenvalue weighted by Gasteiger charge is 2.52. The Kier molecular flexibility index (Phi) is 2.97. The van der Waals surface area contributed by atoms with Crippen LogP contribution in [0.3, 0.4) is 0 Å². The highest BCUT2D eigenvalue weighted by Crippen LogP contribution is 2.61. The number of fused-ring (bicyclic) bond motifs is 1. The molecule has 0 aromatic heterocycles. The minimum absolute atomic E-state index is 0.0336. The highest BCUT2D eigenvalue weighted by molar-refractivity contribution is 8.00. The van der Waals surface area contributed by atoms with E-state index in [1.807, 2.05) is 0 Å². The van der Waals surface area contributed by atoms with Crippen molar-refractivity contribution in [3.8, 4) is 0 Å². The van der Waals surface area contributed by atoms with Gasteiger partial charge in [-0.15, -0.1) is 0 Å². The maximum Gasteiger partial charge on any atom is 0.441 e. The van der Waals surface area contributed by atoms with Crippen LogP contribution in [0.4, 0.5) is 13.2 Å². The Hall–Kier alpha value is 0.100. The molecule has 88 valence electrons. The summed E-state index contributed by atoms with van der Waals surface area (Å²) in [4.78, 5) is 0. The van der Waals surface area contributed by atoms with Crippen LogP contribution in [0.25, 0.3) is 0 Å². The molecule has 0 aromatic carbocycles. The maximum atomic E-state index is 12.0. The first kappa shape index (κ1) is 11.6. The summed E-state index contributed by atoms with van der Waals surface area (Å²) >= 11 is 0.0948. The summed E-state index contributed by atoms with van der Waals surface area (Å²) in [7, 11) is 0. The number of hydrogen-bond donors (Lipinski definition) is 1. The Morgan fingerprint density at radius 3 is 2.33 bits per heavy atom. The molecule has 0 saturated heterocycles. The first-order valence-electron chi connectivity index (χ1n) is 5.35. The molecule has 15 heavy (non-hydrogen) atoms. The molecule has 2 fully saturated rings. The van der Waals surface area contributed by atoms with Gasteiger partial charge in [-0.3, -0.25) is 0 Å². The van der Waals surface area contributed by atoms with Crippen LogP contribution in [0.1, 0.15) is 25.7 Å². The van der Waals surface area contributed by atoms with E-state index in [0.29, 0.717) is 13.0 Å². The van der Waals surface area contributed by atoms with E-state index < -0.39 is 5.51 Å². The fourth-order valence-corrected chi connectivity index (χ4v) is 3.63. The van der Waals surface area contributed by atoms with Gasteiger partial charge in [0, 0.05) is 5.75 Å². The van der Waals surface area contributed by atoms with Crippen molar-refractivity contribution in [1.82, 2.24) is 0 Å². The highest BCUT2D eigenvalue weighted by atomic mass is 32.2. The fraction of sp³-hybridized carbons (Fsp3) is 1.00. The van der Waals surface area contributed by atoms with Crippen LogP contribution in [-0.4, -0.2) is 17.8 Å². The first-order chi connectivity index (χ1) is 6.94.